The van der Waals surface area contributed by atoms with E-state index >= 15 is 0 Å². The largest absolute Gasteiger partial charge is 0.461 e. The summed E-state index contributed by atoms with van der Waals surface area (Å²) in [6.45, 7) is 2.00. The lowest BCUT2D eigenvalue weighted by Crippen LogP contribution is -2.09. The van der Waals surface area contributed by atoms with Crippen molar-refractivity contribution in [2.75, 3.05) is 12.3 Å². The van der Waals surface area contributed by atoms with Gasteiger partial charge in [0.1, 0.15) is 12.1 Å². The fourth-order valence-corrected chi connectivity index (χ4v) is 2.53. The Balaban J connectivity index is 2.44. The lowest BCUT2D eigenvalue weighted by atomic mass is 10.3. The zero-order valence-electron chi connectivity index (χ0n) is 10.1. The van der Waals surface area contributed by atoms with Crippen molar-refractivity contribution in [1.82, 2.24) is 9.55 Å². The molecule has 7 heteroatoms. The second-order valence-corrected chi connectivity index (χ2v) is 5.32. The van der Waals surface area contributed by atoms with Gasteiger partial charge >= 0.3 is 5.97 Å². The van der Waals surface area contributed by atoms with Gasteiger partial charge in [0, 0.05) is 3.57 Å². The number of ether oxygens (including phenoxy) is 1. The smallest absolute Gasteiger partial charge is 0.360 e. The molecule has 2 rings (SSSR count). The molecule has 19 heavy (non-hydrogen) atoms. The quantitative estimate of drug-likeness (QED) is 0.645. The van der Waals surface area contributed by atoms with E-state index in [9.17, 15) is 4.79 Å². The van der Waals surface area contributed by atoms with Crippen LogP contribution in [-0.4, -0.2) is 22.1 Å². The first-order valence-corrected chi connectivity index (χ1v) is 6.95. The molecule has 1 aromatic carbocycles. The SMILES string of the molecule is CCOC(=O)c1ncn(-c2ccc(I)cc2Cl)c1N. The second kappa shape index (κ2) is 5.79. The molecule has 0 spiro atoms. The number of anilines is 1. The average molecular weight is 392 g/mol. The fourth-order valence-electron chi connectivity index (χ4n) is 1.58. The molecule has 5 nitrogen and oxygen atoms in total. The number of hydrogen-bond donors (Lipinski definition) is 1. The van der Waals surface area contributed by atoms with E-state index in [1.165, 1.54) is 6.33 Å². The van der Waals surface area contributed by atoms with Gasteiger partial charge in [0.25, 0.3) is 0 Å². The molecular formula is C12H11ClIN3O2. The molecule has 0 unspecified atom stereocenters. The molecule has 2 N–H and O–H groups in total. The van der Waals surface area contributed by atoms with Crippen LogP contribution >= 0.6 is 34.2 Å². The van der Waals surface area contributed by atoms with E-state index < -0.39 is 5.97 Å². The highest BCUT2D eigenvalue weighted by molar-refractivity contribution is 14.1. The van der Waals surface area contributed by atoms with Gasteiger partial charge < -0.3 is 10.5 Å². The first-order chi connectivity index (χ1) is 9.04. The Morgan fingerprint density at radius 3 is 2.95 bits per heavy atom. The van der Waals surface area contributed by atoms with Crippen molar-refractivity contribution in [2.45, 2.75) is 6.92 Å². The van der Waals surface area contributed by atoms with E-state index in [2.05, 4.69) is 27.6 Å². The summed E-state index contributed by atoms with van der Waals surface area (Å²) in [7, 11) is 0. The van der Waals surface area contributed by atoms with E-state index in [0.717, 1.165) is 3.57 Å². The zero-order valence-corrected chi connectivity index (χ0v) is 13.0. The van der Waals surface area contributed by atoms with Crippen molar-refractivity contribution in [3.8, 4) is 5.69 Å². The van der Waals surface area contributed by atoms with Crippen LogP contribution in [0.15, 0.2) is 24.5 Å². The summed E-state index contributed by atoms with van der Waals surface area (Å²) in [5, 5.41) is 0.534. The summed E-state index contributed by atoms with van der Waals surface area (Å²) in [5.41, 5.74) is 6.68. The van der Waals surface area contributed by atoms with Crippen molar-refractivity contribution in [2.24, 2.45) is 0 Å². The minimum Gasteiger partial charge on any atom is -0.461 e. The van der Waals surface area contributed by atoms with Gasteiger partial charge in [0.15, 0.2) is 5.69 Å². The highest BCUT2D eigenvalue weighted by atomic mass is 127. The maximum Gasteiger partial charge on any atom is 0.360 e. The Hall–Kier alpha value is -1.28. The number of hydrogen-bond acceptors (Lipinski definition) is 4. The number of nitrogens with zero attached hydrogens (tertiary/aromatic N) is 2. The van der Waals surface area contributed by atoms with Crippen LogP contribution in [0.5, 0.6) is 0 Å². The molecule has 0 saturated carbocycles. The highest BCUT2D eigenvalue weighted by Gasteiger charge is 2.18. The molecule has 1 aromatic heterocycles. The van der Waals surface area contributed by atoms with Gasteiger partial charge in [-0.1, -0.05) is 11.6 Å². The molecule has 0 saturated heterocycles. The molecule has 0 amide bonds. The molecule has 0 bridgehead atoms. The van der Waals surface area contributed by atoms with Gasteiger partial charge in [0.2, 0.25) is 0 Å². The van der Waals surface area contributed by atoms with E-state index in [0.29, 0.717) is 10.7 Å². The monoisotopic (exact) mass is 391 g/mol. The number of benzene rings is 1. The summed E-state index contributed by atoms with van der Waals surface area (Å²) < 4.78 is 7.45. The minimum atomic E-state index is -0.541. The van der Waals surface area contributed by atoms with Gasteiger partial charge in [0.05, 0.1) is 17.3 Å². The summed E-state index contributed by atoms with van der Waals surface area (Å²) in [4.78, 5) is 15.6. The van der Waals surface area contributed by atoms with Gasteiger partial charge in [-0.25, -0.2) is 9.78 Å². The molecule has 0 aliphatic heterocycles. The van der Waals surface area contributed by atoms with E-state index in [1.54, 1.807) is 17.6 Å². The third kappa shape index (κ3) is 2.84. The van der Waals surface area contributed by atoms with Crippen LogP contribution in [0.25, 0.3) is 5.69 Å². The number of nitrogen functional groups attached to an aromatic ring is 1. The van der Waals surface area contributed by atoms with Crippen LogP contribution in [0.1, 0.15) is 17.4 Å². The van der Waals surface area contributed by atoms with Gasteiger partial charge in [-0.3, -0.25) is 4.57 Å². The lowest BCUT2D eigenvalue weighted by Gasteiger charge is -2.08. The molecular weight excluding hydrogens is 381 g/mol. The Labute approximate surface area is 128 Å². The molecule has 0 fully saturated rings. The van der Waals surface area contributed by atoms with Crippen molar-refractivity contribution in [1.29, 1.82) is 0 Å². The third-order valence-corrected chi connectivity index (χ3v) is 3.42. The van der Waals surface area contributed by atoms with Gasteiger partial charge in [-0.15, -0.1) is 0 Å². The topological polar surface area (TPSA) is 70.1 Å². The third-order valence-electron chi connectivity index (χ3n) is 2.44. The fraction of sp³-hybridized carbons (Fsp3) is 0.167. The van der Waals surface area contributed by atoms with Crippen molar-refractivity contribution in [3.63, 3.8) is 0 Å². The van der Waals surface area contributed by atoms with Crippen molar-refractivity contribution < 1.29 is 9.53 Å². The summed E-state index contributed by atoms with van der Waals surface area (Å²) >= 11 is 8.32. The first kappa shape index (κ1) is 14.1. The lowest BCUT2D eigenvalue weighted by molar-refractivity contribution is 0.0521. The number of esters is 1. The van der Waals surface area contributed by atoms with Crippen LogP contribution in [0.2, 0.25) is 5.02 Å². The van der Waals surface area contributed by atoms with Crippen molar-refractivity contribution in [3.05, 3.63) is 38.8 Å². The number of nitrogens with two attached hydrogens (primary N) is 1. The number of imidazole rings is 1. The molecule has 0 aliphatic rings. The molecule has 0 atom stereocenters. The van der Waals surface area contributed by atoms with Crippen LogP contribution in [0, 0.1) is 3.57 Å². The predicted molar refractivity (Wildman–Crippen MR) is 81.7 cm³/mol. The predicted octanol–water partition coefficient (Wildman–Crippen LogP) is 2.89. The summed E-state index contributed by atoms with van der Waals surface area (Å²) in [5.74, 6) is -0.332. The molecule has 0 radical (unpaired) electrons. The number of aromatic nitrogens is 2. The first-order valence-electron chi connectivity index (χ1n) is 5.50. The van der Waals surface area contributed by atoms with Gasteiger partial charge in [-0.05, 0) is 47.7 Å². The Morgan fingerprint density at radius 1 is 1.58 bits per heavy atom. The maximum absolute atomic E-state index is 11.6. The van der Waals surface area contributed by atoms with Crippen molar-refractivity contribution >= 4 is 46.0 Å². The van der Waals surface area contributed by atoms with Crippen LogP contribution < -0.4 is 5.73 Å². The highest BCUT2D eigenvalue weighted by Crippen LogP contribution is 2.26. The normalized spacial score (nSPS) is 10.5. The average Bonchev–Trinajstić information content (AvgIpc) is 2.72. The Bertz CT molecular complexity index is 627. The zero-order chi connectivity index (χ0) is 14.0. The van der Waals surface area contributed by atoms with E-state index in [4.69, 9.17) is 22.1 Å². The number of carbonyl (C=O) groups excluding carboxylic acids is 1. The van der Waals surface area contributed by atoms with Crippen LogP contribution in [0.3, 0.4) is 0 Å². The number of carbonyl (C=O) groups is 1. The summed E-state index contributed by atoms with van der Waals surface area (Å²) in [6, 6.07) is 5.52. The van der Waals surface area contributed by atoms with Gasteiger partial charge in [-0.2, -0.15) is 0 Å². The Morgan fingerprint density at radius 2 is 2.32 bits per heavy atom. The molecule has 2 aromatic rings. The maximum atomic E-state index is 11.6. The van der Waals surface area contributed by atoms with Crippen LogP contribution in [0.4, 0.5) is 5.82 Å². The number of rotatable bonds is 3. The van der Waals surface area contributed by atoms with Crippen LogP contribution in [-0.2, 0) is 4.74 Å². The summed E-state index contributed by atoms with van der Waals surface area (Å²) in [6.07, 6.45) is 1.45. The number of halogens is 2. The van der Waals surface area contributed by atoms with E-state index in [1.807, 2.05) is 12.1 Å². The molecule has 100 valence electrons. The molecule has 0 aliphatic carbocycles. The minimum absolute atomic E-state index is 0.0940. The van der Waals surface area contributed by atoms with E-state index in [-0.39, 0.29) is 18.1 Å². The standard InChI is InChI=1S/C12H11ClIN3O2/c1-2-19-12(18)10-11(15)17(6-16-10)9-4-3-7(14)5-8(9)13/h3-6H,2,15H2,1H3. The second-order valence-electron chi connectivity index (χ2n) is 3.66. The molecule has 1 heterocycles. The Kier molecular flexibility index (Phi) is 4.31.